The molecular formula is C23H29N5O. The van der Waals surface area contributed by atoms with Crippen LogP contribution in [0.3, 0.4) is 0 Å². The lowest BCUT2D eigenvalue weighted by molar-refractivity contribution is 0.175. The normalized spacial score (nSPS) is 24.3. The number of aromatic nitrogens is 2. The molecule has 1 fully saturated rings. The molecule has 2 aromatic rings. The molecular weight excluding hydrogens is 362 g/mol. The predicted molar refractivity (Wildman–Crippen MR) is 115 cm³/mol. The highest BCUT2D eigenvalue weighted by atomic mass is 16.3. The van der Waals surface area contributed by atoms with Crippen molar-refractivity contribution in [3.05, 3.63) is 54.6 Å². The van der Waals surface area contributed by atoms with Crippen LogP contribution in [0, 0.1) is 16.7 Å². The van der Waals surface area contributed by atoms with Gasteiger partial charge in [-0.2, -0.15) is 5.26 Å². The summed E-state index contributed by atoms with van der Waals surface area (Å²) in [4.78, 5) is 6.59. The maximum atomic E-state index is 9.86. The third-order valence-corrected chi connectivity index (χ3v) is 6.11. The van der Waals surface area contributed by atoms with Crippen LogP contribution in [0.15, 0.2) is 49.1 Å². The van der Waals surface area contributed by atoms with Gasteiger partial charge >= 0.3 is 0 Å². The Balaban J connectivity index is 1.70. The summed E-state index contributed by atoms with van der Waals surface area (Å²) in [5, 5.41) is 21.7. The molecule has 6 heteroatoms. The second-order valence-corrected chi connectivity index (χ2v) is 8.48. The molecule has 2 atom stereocenters. The summed E-state index contributed by atoms with van der Waals surface area (Å²) in [5.41, 5.74) is 2.74. The summed E-state index contributed by atoms with van der Waals surface area (Å²) in [6.45, 7) is 5.00. The number of piperidine rings is 1. The Morgan fingerprint density at radius 3 is 2.79 bits per heavy atom. The molecule has 0 radical (unpaired) electrons. The van der Waals surface area contributed by atoms with Crippen molar-refractivity contribution in [3.8, 4) is 6.07 Å². The molecule has 0 spiro atoms. The zero-order chi connectivity index (χ0) is 20.3. The molecule has 1 aliphatic heterocycles. The first-order valence-corrected chi connectivity index (χ1v) is 10.5. The minimum absolute atomic E-state index is 0.0529. The molecule has 1 aromatic heterocycles. The summed E-state index contributed by atoms with van der Waals surface area (Å²) >= 11 is 0. The van der Waals surface area contributed by atoms with Gasteiger partial charge in [0.2, 0.25) is 0 Å². The van der Waals surface area contributed by atoms with E-state index >= 15 is 0 Å². The second kappa shape index (κ2) is 8.30. The molecule has 2 aliphatic rings. The molecule has 152 valence electrons. The van der Waals surface area contributed by atoms with Gasteiger partial charge in [0.05, 0.1) is 23.0 Å². The SMILES string of the molecule is CC1(CN(c2ccc(C#N)c(N3CCCCC3)c2)n2ccnc2)C=CC(O)CC1. The van der Waals surface area contributed by atoms with Crippen LogP contribution < -0.4 is 9.91 Å². The lowest BCUT2D eigenvalue weighted by atomic mass is 9.79. The fourth-order valence-corrected chi connectivity index (χ4v) is 4.35. The molecule has 4 rings (SSSR count). The van der Waals surface area contributed by atoms with Crippen molar-refractivity contribution in [2.75, 3.05) is 29.5 Å². The molecule has 29 heavy (non-hydrogen) atoms. The van der Waals surface area contributed by atoms with Crippen molar-refractivity contribution in [2.45, 2.75) is 45.1 Å². The molecule has 1 saturated heterocycles. The van der Waals surface area contributed by atoms with Crippen LogP contribution in [0.2, 0.25) is 0 Å². The van der Waals surface area contributed by atoms with Crippen molar-refractivity contribution < 1.29 is 5.11 Å². The van der Waals surface area contributed by atoms with E-state index < -0.39 is 0 Å². The number of nitrogens with zero attached hydrogens (tertiary/aromatic N) is 5. The van der Waals surface area contributed by atoms with Crippen LogP contribution in [-0.2, 0) is 0 Å². The summed E-state index contributed by atoms with van der Waals surface area (Å²) in [6.07, 6.45) is 14.5. The van der Waals surface area contributed by atoms with Crippen molar-refractivity contribution in [1.82, 2.24) is 9.66 Å². The van der Waals surface area contributed by atoms with Gasteiger partial charge in [-0.25, -0.2) is 9.66 Å². The molecule has 6 nitrogen and oxygen atoms in total. The zero-order valence-electron chi connectivity index (χ0n) is 17.0. The first-order chi connectivity index (χ1) is 14.1. The van der Waals surface area contributed by atoms with E-state index in [1.165, 1.54) is 19.3 Å². The van der Waals surface area contributed by atoms with Gasteiger partial charge in [0.15, 0.2) is 0 Å². The largest absolute Gasteiger partial charge is 0.389 e. The minimum atomic E-state index is -0.342. The van der Waals surface area contributed by atoms with E-state index in [9.17, 15) is 10.4 Å². The average Bonchev–Trinajstić information content (AvgIpc) is 3.29. The Bertz CT molecular complexity index is 894. The minimum Gasteiger partial charge on any atom is -0.389 e. The quantitative estimate of drug-likeness (QED) is 0.787. The molecule has 1 aliphatic carbocycles. The van der Waals surface area contributed by atoms with Crippen LogP contribution >= 0.6 is 0 Å². The number of rotatable bonds is 5. The molecule has 1 N–H and O–H groups in total. The molecule has 2 unspecified atom stereocenters. The van der Waals surface area contributed by atoms with E-state index in [4.69, 9.17) is 0 Å². The Hall–Kier alpha value is -2.78. The summed E-state index contributed by atoms with van der Waals surface area (Å²) in [6, 6.07) is 8.48. The summed E-state index contributed by atoms with van der Waals surface area (Å²) in [7, 11) is 0. The maximum absolute atomic E-state index is 9.86. The van der Waals surface area contributed by atoms with Gasteiger partial charge < -0.3 is 10.0 Å². The standard InChI is InChI=1S/C23H29N5O/c1-23(9-7-21(29)8-10-23)17-28(27-14-11-25-18-27)20-6-5-19(16-24)22(15-20)26-12-3-2-4-13-26/h5-7,9,11,14-15,18,21,29H,2-4,8,10,12-13,17H2,1H3. The third-order valence-electron chi connectivity index (χ3n) is 6.11. The number of hydrogen-bond acceptors (Lipinski definition) is 5. The van der Waals surface area contributed by atoms with Crippen molar-refractivity contribution in [2.24, 2.45) is 5.41 Å². The smallest absolute Gasteiger partial charge is 0.114 e. The van der Waals surface area contributed by atoms with E-state index in [2.05, 4.69) is 40.0 Å². The first-order valence-electron chi connectivity index (χ1n) is 10.5. The topological polar surface area (TPSA) is 68.3 Å². The van der Waals surface area contributed by atoms with Gasteiger partial charge in [-0.1, -0.05) is 19.1 Å². The van der Waals surface area contributed by atoms with Crippen molar-refractivity contribution in [3.63, 3.8) is 0 Å². The van der Waals surface area contributed by atoms with Gasteiger partial charge in [-0.3, -0.25) is 5.01 Å². The van der Waals surface area contributed by atoms with E-state index in [1.807, 2.05) is 35.4 Å². The van der Waals surface area contributed by atoms with Crippen molar-refractivity contribution >= 4 is 11.4 Å². The first kappa shape index (κ1) is 19.5. The van der Waals surface area contributed by atoms with Crippen LogP contribution in [0.1, 0.15) is 44.6 Å². The molecule has 0 bridgehead atoms. The Morgan fingerprint density at radius 1 is 1.31 bits per heavy atom. The third kappa shape index (κ3) is 4.30. The van der Waals surface area contributed by atoms with E-state index in [-0.39, 0.29) is 11.5 Å². The average molecular weight is 392 g/mol. The predicted octanol–water partition coefficient (Wildman–Crippen LogP) is 3.73. The van der Waals surface area contributed by atoms with E-state index in [1.54, 1.807) is 6.20 Å². The second-order valence-electron chi connectivity index (χ2n) is 8.48. The highest BCUT2D eigenvalue weighted by Crippen LogP contribution is 2.35. The number of nitriles is 1. The maximum Gasteiger partial charge on any atom is 0.114 e. The molecule has 0 amide bonds. The van der Waals surface area contributed by atoms with Gasteiger partial charge in [-0.15, -0.1) is 0 Å². The fraction of sp³-hybridized carbons (Fsp3) is 0.478. The lowest BCUT2D eigenvalue weighted by Crippen LogP contribution is -2.40. The van der Waals surface area contributed by atoms with E-state index in [0.717, 1.165) is 49.4 Å². The number of benzene rings is 1. The highest BCUT2D eigenvalue weighted by Gasteiger charge is 2.29. The molecule has 0 saturated carbocycles. The van der Waals surface area contributed by atoms with Crippen molar-refractivity contribution in [1.29, 1.82) is 5.26 Å². The fourth-order valence-electron chi connectivity index (χ4n) is 4.35. The summed E-state index contributed by atoms with van der Waals surface area (Å²) < 4.78 is 2.01. The summed E-state index contributed by atoms with van der Waals surface area (Å²) in [5.74, 6) is 0. The van der Waals surface area contributed by atoms with Gasteiger partial charge in [0.1, 0.15) is 12.4 Å². The number of anilines is 2. The molecule has 1 aromatic carbocycles. The van der Waals surface area contributed by atoms with Crippen LogP contribution in [0.5, 0.6) is 0 Å². The Morgan fingerprint density at radius 2 is 2.14 bits per heavy atom. The number of aliphatic hydroxyl groups excluding tert-OH is 1. The highest BCUT2D eigenvalue weighted by molar-refractivity contribution is 5.67. The van der Waals surface area contributed by atoms with Gasteiger partial charge in [-0.05, 0) is 50.3 Å². The monoisotopic (exact) mass is 391 g/mol. The number of imidazole rings is 1. The number of hydrogen-bond donors (Lipinski definition) is 1. The van der Waals surface area contributed by atoms with E-state index in [0.29, 0.717) is 0 Å². The van der Waals surface area contributed by atoms with Gasteiger partial charge in [0.25, 0.3) is 0 Å². The van der Waals surface area contributed by atoms with Crippen LogP contribution in [0.25, 0.3) is 0 Å². The molecule has 2 heterocycles. The van der Waals surface area contributed by atoms with Gasteiger partial charge in [0, 0.05) is 37.4 Å². The van der Waals surface area contributed by atoms with Crippen LogP contribution in [-0.4, -0.2) is 40.5 Å². The Kier molecular flexibility index (Phi) is 5.59. The lowest BCUT2D eigenvalue weighted by Gasteiger charge is -2.38. The van der Waals surface area contributed by atoms with Crippen LogP contribution in [0.4, 0.5) is 11.4 Å². The zero-order valence-corrected chi connectivity index (χ0v) is 17.0. The Labute approximate surface area is 172 Å². The number of aliphatic hydroxyl groups is 1.